The topological polar surface area (TPSA) is 61.7 Å². The maximum absolute atomic E-state index is 10.2. The number of hydrogen-bond donors (Lipinski definition) is 3. The van der Waals surface area contributed by atoms with Crippen LogP contribution in [0.2, 0.25) is 0 Å². The SMILES string of the molecule is OC1CC(Br)CC(O)C1C1NC2CCCCC2O1. The number of halogens is 1. The van der Waals surface area contributed by atoms with Gasteiger partial charge in [0.15, 0.2) is 0 Å². The van der Waals surface area contributed by atoms with Gasteiger partial charge in [0.2, 0.25) is 0 Å². The van der Waals surface area contributed by atoms with E-state index in [1.807, 2.05) is 0 Å². The molecule has 5 heteroatoms. The van der Waals surface area contributed by atoms with E-state index in [1.165, 1.54) is 12.8 Å². The summed E-state index contributed by atoms with van der Waals surface area (Å²) in [7, 11) is 0. The Kier molecular flexibility index (Phi) is 3.97. The molecule has 1 heterocycles. The second-order valence-electron chi connectivity index (χ2n) is 5.93. The summed E-state index contributed by atoms with van der Waals surface area (Å²) in [4.78, 5) is 0.211. The minimum Gasteiger partial charge on any atom is -0.393 e. The number of ether oxygens (including phenoxy) is 1. The molecule has 2 saturated carbocycles. The van der Waals surface area contributed by atoms with Gasteiger partial charge < -0.3 is 14.9 Å². The molecule has 3 aliphatic rings. The van der Waals surface area contributed by atoms with E-state index in [1.54, 1.807) is 0 Å². The number of aliphatic hydroxyl groups excluding tert-OH is 2. The lowest BCUT2D eigenvalue weighted by molar-refractivity contribution is -0.106. The van der Waals surface area contributed by atoms with Crippen LogP contribution in [0.5, 0.6) is 0 Å². The summed E-state index contributed by atoms with van der Waals surface area (Å²) in [6, 6.07) is 0.421. The molecule has 5 unspecified atom stereocenters. The van der Waals surface area contributed by atoms with E-state index < -0.39 is 12.2 Å². The zero-order valence-electron chi connectivity index (χ0n) is 10.5. The molecular formula is C13H22BrNO3. The van der Waals surface area contributed by atoms with Gasteiger partial charge in [0.1, 0.15) is 6.23 Å². The molecule has 2 aliphatic carbocycles. The highest BCUT2D eigenvalue weighted by molar-refractivity contribution is 9.09. The van der Waals surface area contributed by atoms with Crippen LogP contribution in [0.25, 0.3) is 0 Å². The summed E-state index contributed by atoms with van der Waals surface area (Å²) in [5.41, 5.74) is 0. The van der Waals surface area contributed by atoms with E-state index in [2.05, 4.69) is 21.2 Å². The highest BCUT2D eigenvalue weighted by atomic mass is 79.9. The molecule has 1 aliphatic heterocycles. The Bertz CT molecular complexity index is 278. The predicted molar refractivity (Wildman–Crippen MR) is 71.5 cm³/mol. The first kappa shape index (κ1) is 13.3. The van der Waals surface area contributed by atoms with E-state index in [0.717, 1.165) is 12.8 Å². The molecule has 3 rings (SSSR count). The number of fused-ring (bicyclic) bond motifs is 1. The Hall–Kier alpha value is 0.320. The summed E-state index contributed by atoms with van der Waals surface area (Å²) in [6.45, 7) is 0. The summed E-state index contributed by atoms with van der Waals surface area (Å²) in [5.74, 6) is -0.190. The van der Waals surface area contributed by atoms with Gasteiger partial charge in [-0.3, -0.25) is 5.32 Å². The van der Waals surface area contributed by atoms with Crippen LogP contribution in [0.3, 0.4) is 0 Å². The van der Waals surface area contributed by atoms with Gasteiger partial charge >= 0.3 is 0 Å². The van der Waals surface area contributed by atoms with Crippen molar-refractivity contribution in [1.82, 2.24) is 5.32 Å². The smallest absolute Gasteiger partial charge is 0.116 e. The van der Waals surface area contributed by atoms with Gasteiger partial charge in [-0.05, 0) is 25.7 Å². The standard InChI is InChI=1S/C13H22BrNO3/c14-7-5-9(16)12(10(17)6-7)13-15-8-3-1-2-4-11(8)18-13/h7-13,15-17H,1-6H2. The summed E-state index contributed by atoms with van der Waals surface area (Å²) in [6.07, 6.45) is 5.25. The fourth-order valence-corrected chi connectivity index (χ4v) is 4.45. The van der Waals surface area contributed by atoms with Gasteiger partial charge in [-0.25, -0.2) is 0 Å². The number of nitrogens with one attached hydrogen (secondary N) is 1. The second-order valence-corrected chi connectivity index (χ2v) is 7.23. The van der Waals surface area contributed by atoms with Crippen molar-refractivity contribution in [2.45, 2.75) is 73.9 Å². The van der Waals surface area contributed by atoms with Gasteiger partial charge in [0, 0.05) is 10.9 Å². The molecule has 104 valence electrons. The van der Waals surface area contributed by atoms with Crippen molar-refractivity contribution < 1.29 is 14.9 Å². The van der Waals surface area contributed by atoms with Crippen LogP contribution in [0, 0.1) is 5.92 Å². The van der Waals surface area contributed by atoms with E-state index in [9.17, 15) is 10.2 Å². The van der Waals surface area contributed by atoms with Crippen LogP contribution in [0.1, 0.15) is 38.5 Å². The number of aliphatic hydroxyl groups is 2. The Morgan fingerprint density at radius 2 is 1.72 bits per heavy atom. The number of hydrogen-bond acceptors (Lipinski definition) is 4. The third kappa shape index (κ3) is 2.48. The third-order valence-corrected chi connectivity index (χ3v) is 5.38. The second kappa shape index (κ2) is 5.37. The van der Waals surface area contributed by atoms with Crippen LogP contribution in [-0.2, 0) is 4.74 Å². The predicted octanol–water partition coefficient (Wildman–Crippen LogP) is 1.14. The Morgan fingerprint density at radius 1 is 1.06 bits per heavy atom. The quantitative estimate of drug-likeness (QED) is 0.634. The summed E-state index contributed by atoms with van der Waals surface area (Å²) < 4.78 is 6.03. The average molecular weight is 320 g/mol. The van der Waals surface area contributed by atoms with Crippen LogP contribution in [-0.4, -0.2) is 45.6 Å². The van der Waals surface area contributed by atoms with E-state index in [0.29, 0.717) is 18.9 Å². The molecule has 0 amide bonds. The van der Waals surface area contributed by atoms with Crippen molar-refractivity contribution in [3.63, 3.8) is 0 Å². The molecular weight excluding hydrogens is 298 g/mol. The molecule has 18 heavy (non-hydrogen) atoms. The Morgan fingerprint density at radius 3 is 2.39 bits per heavy atom. The van der Waals surface area contributed by atoms with Crippen molar-refractivity contribution >= 4 is 15.9 Å². The molecule has 1 saturated heterocycles. The van der Waals surface area contributed by atoms with Crippen molar-refractivity contribution in [2.75, 3.05) is 0 Å². The largest absolute Gasteiger partial charge is 0.393 e. The van der Waals surface area contributed by atoms with E-state index in [4.69, 9.17) is 4.74 Å². The van der Waals surface area contributed by atoms with Gasteiger partial charge in [-0.1, -0.05) is 28.8 Å². The van der Waals surface area contributed by atoms with Crippen LogP contribution < -0.4 is 5.32 Å². The van der Waals surface area contributed by atoms with Gasteiger partial charge in [-0.15, -0.1) is 0 Å². The van der Waals surface area contributed by atoms with E-state index >= 15 is 0 Å². The molecule has 0 radical (unpaired) electrons. The lowest BCUT2D eigenvalue weighted by atomic mass is 9.82. The van der Waals surface area contributed by atoms with Crippen molar-refractivity contribution in [2.24, 2.45) is 5.92 Å². The Balaban J connectivity index is 1.67. The highest BCUT2D eigenvalue weighted by Crippen LogP contribution is 2.36. The molecule has 3 fully saturated rings. The fourth-order valence-electron chi connectivity index (χ4n) is 3.69. The van der Waals surface area contributed by atoms with Crippen LogP contribution in [0.15, 0.2) is 0 Å². The minimum atomic E-state index is -0.490. The monoisotopic (exact) mass is 319 g/mol. The third-order valence-electron chi connectivity index (χ3n) is 4.63. The molecule has 3 N–H and O–H groups in total. The lowest BCUT2D eigenvalue weighted by Gasteiger charge is -2.38. The maximum atomic E-state index is 10.2. The summed E-state index contributed by atoms with van der Waals surface area (Å²) in [5, 5.41) is 23.9. The van der Waals surface area contributed by atoms with Crippen molar-refractivity contribution in [3.05, 3.63) is 0 Å². The first-order valence-electron chi connectivity index (χ1n) is 7.07. The Labute approximate surface area is 116 Å². The van der Waals surface area contributed by atoms with Gasteiger partial charge in [-0.2, -0.15) is 0 Å². The average Bonchev–Trinajstić information content (AvgIpc) is 2.70. The fraction of sp³-hybridized carbons (Fsp3) is 1.00. The zero-order chi connectivity index (χ0) is 12.7. The maximum Gasteiger partial charge on any atom is 0.116 e. The number of rotatable bonds is 1. The zero-order valence-corrected chi connectivity index (χ0v) is 12.1. The van der Waals surface area contributed by atoms with Gasteiger partial charge in [0.25, 0.3) is 0 Å². The van der Waals surface area contributed by atoms with Crippen LogP contribution >= 0.6 is 15.9 Å². The van der Waals surface area contributed by atoms with Gasteiger partial charge in [0.05, 0.1) is 24.2 Å². The number of alkyl halides is 1. The first-order valence-corrected chi connectivity index (χ1v) is 7.98. The van der Waals surface area contributed by atoms with Crippen molar-refractivity contribution in [1.29, 1.82) is 0 Å². The molecule has 4 nitrogen and oxygen atoms in total. The van der Waals surface area contributed by atoms with Crippen molar-refractivity contribution in [3.8, 4) is 0 Å². The normalized spacial score (nSPS) is 53.2. The first-order chi connectivity index (χ1) is 8.65. The molecule has 5 atom stereocenters. The highest BCUT2D eigenvalue weighted by Gasteiger charge is 2.46. The van der Waals surface area contributed by atoms with E-state index in [-0.39, 0.29) is 23.1 Å². The molecule has 0 bridgehead atoms. The molecule has 0 aromatic heterocycles. The lowest BCUT2D eigenvalue weighted by Crippen LogP contribution is -2.51. The molecule has 0 aromatic carbocycles. The molecule has 0 aromatic rings. The van der Waals surface area contributed by atoms with Crippen LogP contribution in [0.4, 0.5) is 0 Å². The molecule has 0 spiro atoms. The minimum absolute atomic E-state index is 0.178. The summed E-state index contributed by atoms with van der Waals surface area (Å²) >= 11 is 3.48.